The zero-order valence-corrected chi connectivity index (χ0v) is 15.1. The molecule has 0 saturated carbocycles. The van der Waals surface area contributed by atoms with Crippen LogP contribution in [0.4, 0.5) is 0 Å². The summed E-state index contributed by atoms with van der Waals surface area (Å²) < 4.78 is 27.1. The van der Waals surface area contributed by atoms with E-state index in [4.69, 9.17) is 23.7 Å². The number of fused-ring (bicyclic) bond motifs is 1. The molecule has 0 radical (unpaired) electrons. The molecule has 3 rings (SSSR count). The first-order chi connectivity index (χ1) is 12.5. The lowest BCUT2D eigenvalue weighted by atomic mass is 9.91. The van der Waals surface area contributed by atoms with E-state index in [0.717, 1.165) is 0 Å². The van der Waals surface area contributed by atoms with Crippen LogP contribution in [-0.4, -0.2) is 44.8 Å². The number of rotatable bonds is 5. The molecule has 26 heavy (non-hydrogen) atoms. The van der Waals surface area contributed by atoms with E-state index in [1.807, 2.05) is 0 Å². The van der Waals surface area contributed by atoms with Gasteiger partial charge in [0.1, 0.15) is 29.5 Å². The highest BCUT2D eigenvalue weighted by Crippen LogP contribution is 2.48. The highest BCUT2D eigenvalue weighted by atomic mass is 16.5. The summed E-state index contributed by atoms with van der Waals surface area (Å²) in [6.07, 6.45) is -3.17. The lowest BCUT2D eigenvalue weighted by Gasteiger charge is -2.35. The SMILES string of the molecule is COc1cc(OC)c2c(c1)O[C@H](c1ccc(OC)c(OC)c1)[C@@H](O)[C@@H]2O. The van der Waals surface area contributed by atoms with Crippen LogP contribution in [0.2, 0.25) is 0 Å². The summed E-state index contributed by atoms with van der Waals surface area (Å²) in [5, 5.41) is 21.3. The van der Waals surface area contributed by atoms with Crippen molar-refractivity contribution in [2.45, 2.75) is 18.3 Å². The number of hydrogen-bond donors (Lipinski definition) is 2. The Balaban J connectivity index is 2.05. The van der Waals surface area contributed by atoms with E-state index >= 15 is 0 Å². The summed E-state index contributed by atoms with van der Waals surface area (Å²) >= 11 is 0. The fourth-order valence-corrected chi connectivity index (χ4v) is 3.09. The smallest absolute Gasteiger partial charge is 0.161 e. The van der Waals surface area contributed by atoms with Crippen molar-refractivity contribution in [3.05, 3.63) is 41.5 Å². The molecule has 3 atom stereocenters. The fraction of sp³-hybridized carbons (Fsp3) is 0.368. The number of benzene rings is 2. The van der Waals surface area contributed by atoms with E-state index in [2.05, 4.69) is 0 Å². The second kappa shape index (κ2) is 7.31. The van der Waals surface area contributed by atoms with Crippen LogP contribution in [0.3, 0.4) is 0 Å². The minimum absolute atomic E-state index is 0.386. The highest BCUT2D eigenvalue weighted by molar-refractivity contribution is 5.54. The van der Waals surface area contributed by atoms with Gasteiger partial charge in [0.05, 0.1) is 34.0 Å². The van der Waals surface area contributed by atoms with Crippen LogP contribution < -0.4 is 23.7 Å². The molecule has 0 aromatic heterocycles. The first-order valence-corrected chi connectivity index (χ1v) is 8.04. The molecule has 0 aliphatic carbocycles. The number of ether oxygens (including phenoxy) is 5. The van der Waals surface area contributed by atoms with Crippen LogP contribution in [0.15, 0.2) is 30.3 Å². The number of methoxy groups -OCH3 is 4. The molecule has 140 valence electrons. The third-order valence-electron chi connectivity index (χ3n) is 4.45. The van der Waals surface area contributed by atoms with Crippen molar-refractivity contribution < 1.29 is 33.9 Å². The van der Waals surface area contributed by atoms with Crippen molar-refractivity contribution >= 4 is 0 Å². The van der Waals surface area contributed by atoms with Gasteiger partial charge in [-0.3, -0.25) is 0 Å². The maximum atomic E-state index is 10.7. The van der Waals surface area contributed by atoms with Gasteiger partial charge in [0.25, 0.3) is 0 Å². The third-order valence-corrected chi connectivity index (χ3v) is 4.45. The minimum atomic E-state index is -1.19. The zero-order chi connectivity index (χ0) is 18.8. The molecule has 0 unspecified atom stereocenters. The summed E-state index contributed by atoms with van der Waals surface area (Å²) in [6, 6.07) is 8.47. The standard InChI is InChI=1S/C19H22O7/c1-22-11-8-14(25-4)16-15(9-11)26-19(18(21)17(16)20)10-5-6-12(23-2)13(7-10)24-3/h5-9,17-21H,1-4H3/t17-,18+,19-/m1/s1. The molecule has 0 bridgehead atoms. The van der Waals surface area contributed by atoms with Gasteiger partial charge in [-0.25, -0.2) is 0 Å². The molecule has 0 saturated heterocycles. The van der Waals surface area contributed by atoms with Crippen LogP contribution in [0.5, 0.6) is 28.7 Å². The van der Waals surface area contributed by atoms with Gasteiger partial charge < -0.3 is 33.9 Å². The lowest BCUT2D eigenvalue weighted by Crippen LogP contribution is -2.34. The molecule has 2 N–H and O–H groups in total. The Morgan fingerprint density at radius 3 is 2.12 bits per heavy atom. The summed E-state index contributed by atoms with van der Waals surface area (Å²) in [4.78, 5) is 0. The molecule has 1 heterocycles. The maximum absolute atomic E-state index is 10.7. The van der Waals surface area contributed by atoms with Gasteiger partial charge in [0.15, 0.2) is 17.6 Å². The number of hydrogen-bond acceptors (Lipinski definition) is 7. The quantitative estimate of drug-likeness (QED) is 0.844. The first kappa shape index (κ1) is 18.2. The van der Waals surface area contributed by atoms with Gasteiger partial charge in [0.2, 0.25) is 0 Å². The Morgan fingerprint density at radius 1 is 0.808 bits per heavy atom. The maximum Gasteiger partial charge on any atom is 0.161 e. The Hall–Kier alpha value is -2.64. The van der Waals surface area contributed by atoms with Gasteiger partial charge in [-0.15, -0.1) is 0 Å². The monoisotopic (exact) mass is 362 g/mol. The zero-order valence-electron chi connectivity index (χ0n) is 15.1. The predicted molar refractivity (Wildman–Crippen MR) is 93.4 cm³/mol. The molecule has 0 fully saturated rings. The van der Waals surface area contributed by atoms with E-state index < -0.39 is 18.3 Å². The largest absolute Gasteiger partial charge is 0.496 e. The molecule has 2 aromatic rings. The average Bonchev–Trinajstić information content (AvgIpc) is 2.68. The Labute approximate surface area is 151 Å². The molecule has 1 aliphatic heterocycles. The summed E-state index contributed by atoms with van der Waals surface area (Å²) in [7, 11) is 6.08. The molecular weight excluding hydrogens is 340 g/mol. The van der Waals surface area contributed by atoms with Crippen LogP contribution in [0.1, 0.15) is 23.3 Å². The lowest BCUT2D eigenvalue weighted by molar-refractivity contribution is -0.0711. The van der Waals surface area contributed by atoms with E-state index in [0.29, 0.717) is 39.9 Å². The molecule has 0 amide bonds. The summed E-state index contributed by atoms with van der Waals surface area (Å²) in [5.74, 6) is 2.36. The van der Waals surface area contributed by atoms with Crippen LogP contribution >= 0.6 is 0 Å². The number of aliphatic hydroxyl groups excluding tert-OH is 2. The molecule has 7 heteroatoms. The van der Waals surface area contributed by atoms with Gasteiger partial charge >= 0.3 is 0 Å². The Morgan fingerprint density at radius 2 is 1.50 bits per heavy atom. The van der Waals surface area contributed by atoms with Crippen LogP contribution in [0, 0.1) is 0 Å². The first-order valence-electron chi connectivity index (χ1n) is 8.04. The number of aliphatic hydroxyl groups is 2. The molecule has 7 nitrogen and oxygen atoms in total. The summed E-state index contributed by atoms with van der Waals surface area (Å²) in [6.45, 7) is 0. The van der Waals surface area contributed by atoms with Crippen molar-refractivity contribution in [3.8, 4) is 28.7 Å². The van der Waals surface area contributed by atoms with Gasteiger partial charge in [-0.05, 0) is 17.7 Å². The van der Waals surface area contributed by atoms with Crippen molar-refractivity contribution in [3.63, 3.8) is 0 Å². The second-order valence-electron chi connectivity index (χ2n) is 5.83. The molecular formula is C19H22O7. The van der Waals surface area contributed by atoms with Gasteiger partial charge in [-0.1, -0.05) is 6.07 Å². The van der Waals surface area contributed by atoms with E-state index in [9.17, 15) is 10.2 Å². The minimum Gasteiger partial charge on any atom is -0.496 e. The third kappa shape index (κ3) is 3.00. The van der Waals surface area contributed by atoms with Crippen molar-refractivity contribution in [1.29, 1.82) is 0 Å². The molecule has 0 spiro atoms. The Bertz CT molecular complexity index is 790. The van der Waals surface area contributed by atoms with Crippen molar-refractivity contribution in [2.75, 3.05) is 28.4 Å². The second-order valence-corrected chi connectivity index (χ2v) is 5.83. The van der Waals surface area contributed by atoms with Gasteiger partial charge in [0, 0.05) is 12.1 Å². The predicted octanol–water partition coefficient (Wildman–Crippen LogP) is 2.25. The topological polar surface area (TPSA) is 86.6 Å². The van der Waals surface area contributed by atoms with E-state index in [1.54, 1.807) is 37.4 Å². The van der Waals surface area contributed by atoms with Crippen molar-refractivity contribution in [2.24, 2.45) is 0 Å². The van der Waals surface area contributed by atoms with Crippen molar-refractivity contribution in [1.82, 2.24) is 0 Å². The van der Waals surface area contributed by atoms with E-state index in [1.165, 1.54) is 21.3 Å². The molecule has 1 aliphatic rings. The van der Waals surface area contributed by atoms with E-state index in [-0.39, 0.29) is 0 Å². The average molecular weight is 362 g/mol. The summed E-state index contributed by atoms with van der Waals surface area (Å²) in [5.41, 5.74) is 1.03. The normalized spacial score (nSPS) is 21.4. The highest BCUT2D eigenvalue weighted by Gasteiger charge is 2.40. The van der Waals surface area contributed by atoms with Crippen LogP contribution in [-0.2, 0) is 0 Å². The molecule has 2 aromatic carbocycles. The van der Waals surface area contributed by atoms with Gasteiger partial charge in [-0.2, -0.15) is 0 Å². The Kier molecular flexibility index (Phi) is 5.11. The fourth-order valence-electron chi connectivity index (χ4n) is 3.09. The van der Waals surface area contributed by atoms with Crippen LogP contribution in [0.25, 0.3) is 0 Å².